The standard InChI is InChI=1S/C60H62N4O.Pt/c1-38-30-40(3)55(41(4)31-38)64-56(62-59(11,12)60(64,13)54(42-20-16-14-17-21-42)43-22-18-15-19-23-43)44-32-39(2)33-48(34-44)65-47-25-26-49-50-35-45(57(5,6)7)24-27-51(50)63(52(49)37-47)53-36-46(28-29-61-53)58(8,9)10;/h14-33,35-36,54H,1-13H3;/q-2;+2/t60-;/m0./s1. The molecule has 8 aromatic rings. The third kappa shape index (κ3) is 8.23. The van der Waals surface area contributed by atoms with Crippen molar-refractivity contribution in [2.75, 3.05) is 4.90 Å². The van der Waals surface area contributed by atoms with E-state index in [2.05, 4.69) is 233 Å². The number of amidine groups is 1. The summed E-state index contributed by atoms with van der Waals surface area (Å²) in [6, 6.07) is 53.5. The number of hydrogen-bond donors (Lipinski definition) is 0. The molecule has 5 nitrogen and oxygen atoms in total. The van der Waals surface area contributed by atoms with Crippen LogP contribution in [0.4, 0.5) is 5.69 Å². The normalized spacial score (nSPS) is 16.2. The summed E-state index contributed by atoms with van der Waals surface area (Å²) in [6.45, 7) is 29.3. The Labute approximate surface area is 407 Å². The largest absolute Gasteiger partial charge is 2.00 e. The van der Waals surface area contributed by atoms with Gasteiger partial charge in [-0.2, -0.15) is 6.07 Å². The molecule has 6 heteroatoms. The monoisotopic (exact) mass is 1050 g/mol. The molecule has 3 heterocycles. The Hall–Kier alpha value is -5.77. The molecule has 0 unspecified atom stereocenters. The number of nitrogens with zero attached hydrogens (tertiary/aromatic N) is 4. The van der Waals surface area contributed by atoms with E-state index >= 15 is 0 Å². The third-order valence-corrected chi connectivity index (χ3v) is 13.8. The number of anilines is 1. The van der Waals surface area contributed by atoms with Crippen molar-refractivity contribution in [1.82, 2.24) is 9.55 Å². The minimum atomic E-state index is -0.564. The van der Waals surface area contributed by atoms with E-state index in [1.165, 1.54) is 50.0 Å². The van der Waals surface area contributed by atoms with Crippen molar-refractivity contribution in [2.24, 2.45) is 4.99 Å². The Balaban J connectivity index is 0.00000592. The van der Waals surface area contributed by atoms with Crippen LogP contribution in [0.1, 0.15) is 118 Å². The second-order valence-electron chi connectivity index (χ2n) is 21.1. The number of aliphatic imine (C=N–C) groups is 1. The van der Waals surface area contributed by atoms with E-state index in [9.17, 15) is 0 Å². The van der Waals surface area contributed by atoms with Gasteiger partial charge >= 0.3 is 21.1 Å². The van der Waals surface area contributed by atoms with Gasteiger partial charge < -0.3 is 19.2 Å². The van der Waals surface area contributed by atoms with Crippen molar-refractivity contribution in [3.05, 3.63) is 196 Å². The average Bonchev–Trinajstić information content (AvgIpc) is 3.67. The molecule has 0 amide bonds. The molecule has 9 rings (SSSR count). The summed E-state index contributed by atoms with van der Waals surface area (Å²) in [5, 5.41) is 2.27. The SMILES string of the molecule is Cc1cc(Oc2[c-]c3c(cc2)c2cc(C(C)(C)C)ccc2n3-c2cc(C(C)(C)C)ccn2)[c-]c(C2=NC(C)(C)[C@](C)(C(c3ccccc3)c3ccccc3)N2c2c(C)cc(C)cc2C)c1.[Pt+2]. The van der Waals surface area contributed by atoms with E-state index in [0.29, 0.717) is 11.5 Å². The number of pyridine rings is 1. The minimum absolute atomic E-state index is 0. The van der Waals surface area contributed by atoms with Crippen molar-refractivity contribution < 1.29 is 25.8 Å². The molecule has 0 N–H and O–H groups in total. The molecule has 1 atom stereocenters. The van der Waals surface area contributed by atoms with Crippen LogP contribution in [0.3, 0.4) is 0 Å². The van der Waals surface area contributed by atoms with E-state index in [4.69, 9.17) is 14.7 Å². The van der Waals surface area contributed by atoms with Gasteiger partial charge in [-0.05, 0) is 109 Å². The fourth-order valence-electron chi connectivity index (χ4n) is 10.3. The zero-order valence-electron chi connectivity index (χ0n) is 40.8. The van der Waals surface area contributed by atoms with Gasteiger partial charge in [0.15, 0.2) is 0 Å². The van der Waals surface area contributed by atoms with E-state index in [0.717, 1.165) is 39.2 Å². The van der Waals surface area contributed by atoms with Crippen molar-refractivity contribution in [1.29, 1.82) is 0 Å². The number of rotatable bonds is 8. The fraction of sp³-hybridized carbons (Fsp3) is 0.300. The summed E-state index contributed by atoms with van der Waals surface area (Å²) in [7, 11) is 0. The van der Waals surface area contributed by atoms with Crippen molar-refractivity contribution in [3.63, 3.8) is 0 Å². The van der Waals surface area contributed by atoms with E-state index < -0.39 is 11.1 Å². The molecule has 0 fully saturated rings. The van der Waals surface area contributed by atoms with Gasteiger partial charge in [0.05, 0.1) is 16.9 Å². The molecular weight excluding hydrogens is 988 g/mol. The van der Waals surface area contributed by atoms with Crippen LogP contribution in [-0.4, -0.2) is 26.5 Å². The predicted octanol–water partition coefficient (Wildman–Crippen LogP) is 15.0. The van der Waals surface area contributed by atoms with Crippen molar-refractivity contribution in [2.45, 2.75) is 118 Å². The summed E-state index contributed by atoms with van der Waals surface area (Å²) in [4.78, 5) is 13.3. The second kappa shape index (κ2) is 17.1. The molecule has 6 aromatic carbocycles. The number of aryl methyl sites for hydroxylation is 4. The molecule has 0 aliphatic carbocycles. The molecule has 0 saturated carbocycles. The quantitative estimate of drug-likeness (QED) is 0.142. The Morgan fingerprint density at radius 2 is 1.20 bits per heavy atom. The van der Waals surface area contributed by atoms with E-state index in [1.807, 2.05) is 12.3 Å². The van der Waals surface area contributed by atoms with Crippen LogP contribution in [0.2, 0.25) is 0 Å². The molecule has 338 valence electrons. The Bertz CT molecular complexity index is 3070. The maximum absolute atomic E-state index is 6.89. The van der Waals surface area contributed by atoms with Crippen LogP contribution in [0.5, 0.6) is 11.5 Å². The Kier molecular flexibility index (Phi) is 12.1. The van der Waals surface area contributed by atoms with Gasteiger partial charge in [0, 0.05) is 34.8 Å². The van der Waals surface area contributed by atoms with Gasteiger partial charge in [-0.3, -0.25) is 0 Å². The molecule has 1 aliphatic heterocycles. The van der Waals surface area contributed by atoms with Gasteiger partial charge in [0.25, 0.3) is 0 Å². The maximum Gasteiger partial charge on any atom is 2.00 e. The van der Waals surface area contributed by atoms with Gasteiger partial charge in [0.2, 0.25) is 0 Å². The van der Waals surface area contributed by atoms with Gasteiger partial charge in [-0.15, -0.1) is 34.7 Å². The zero-order chi connectivity index (χ0) is 46.2. The first kappa shape index (κ1) is 46.7. The van der Waals surface area contributed by atoms with E-state index in [1.54, 1.807) is 0 Å². The van der Waals surface area contributed by atoms with Crippen molar-refractivity contribution >= 4 is 33.3 Å². The number of ether oxygens (including phenoxy) is 1. The minimum Gasteiger partial charge on any atom is -0.503 e. The average molecular weight is 1050 g/mol. The molecule has 0 spiro atoms. The van der Waals surface area contributed by atoms with Crippen molar-refractivity contribution in [3.8, 4) is 17.3 Å². The predicted molar refractivity (Wildman–Crippen MR) is 272 cm³/mol. The first-order valence-corrected chi connectivity index (χ1v) is 23.0. The Morgan fingerprint density at radius 1 is 0.606 bits per heavy atom. The number of fused-ring (bicyclic) bond motifs is 3. The number of benzene rings is 6. The molecule has 2 aromatic heterocycles. The van der Waals surface area contributed by atoms with E-state index in [-0.39, 0.29) is 37.8 Å². The number of hydrogen-bond acceptors (Lipinski definition) is 4. The van der Waals surface area contributed by atoms with Gasteiger partial charge in [-0.1, -0.05) is 157 Å². The number of aromatic nitrogens is 2. The van der Waals surface area contributed by atoms with Crippen LogP contribution in [-0.2, 0) is 31.9 Å². The van der Waals surface area contributed by atoms with Crippen LogP contribution >= 0.6 is 0 Å². The van der Waals surface area contributed by atoms with Gasteiger partial charge in [0.1, 0.15) is 5.82 Å². The first-order valence-electron chi connectivity index (χ1n) is 23.0. The second-order valence-corrected chi connectivity index (χ2v) is 21.1. The summed E-state index contributed by atoms with van der Waals surface area (Å²) in [6.07, 6.45) is 1.92. The summed E-state index contributed by atoms with van der Waals surface area (Å²) < 4.78 is 9.12. The summed E-state index contributed by atoms with van der Waals surface area (Å²) in [5.74, 6) is 2.90. The van der Waals surface area contributed by atoms with Gasteiger partial charge in [-0.25, -0.2) is 4.98 Å². The first-order chi connectivity index (χ1) is 30.7. The molecular formula is C60H62N4OPt. The smallest absolute Gasteiger partial charge is 0.503 e. The molecule has 0 radical (unpaired) electrons. The van der Waals surface area contributed by atoms with Crippen LogP contribution in [0, 0.1) is 39.8 Å². The third-order valence-electron chi connectivity index (χ3n) is 13.8. The molecule has 1 aliphatic rings. The van der Waals surface area contributed by atoms with Crippen LogP contribution in [0.15, 0.2) is 139 Å². The maximum atomic E-state index is 6.89. The fourth-order valence-corrected chi connectivity index (χ4v) is 10.3. The zero-order valence-corrected chi connectivity index (χ0v) is 43.1. The Morgan fingerprint density at radius 3 is 1.80 bits per heavy atom. The molecule has 0 saturated heterocycles. The van der Waals surface area contributed by atoms with Crippen LogP contribution in [0.25, 0.3) is 27.6 Å². The summed E-state index contributed by atoms with van der Waals surface area (Å²) >= 11 is 0. The summed E-state index contributed by atoms with van der Waals surface area (Å²) in [5.41, 5.74) is 12.6. The topological polar surface area (TPSA) is 42.6 Å². The molecule has 66 heavy (non-hydrogen) atoms. The van der Waals surface area contributed by atoms with Crippen LogP contribution < -0.4 is 9.64 Å². The molecule has 0 bridgehead atoms.